The molecular formula is C13H22N6S. The molecule has 1 aromatic heterocycles. The first kappa shape index (κ1) is 13.9. The first-order chi connectivity index (χ1) is 9.71. The van der Waals surface area contributed by atoms with Crippen molar-refractivity contribution >= 4 is 23.4 Å². The molecule has 6 nitrogen and oxygen atoms in total. The van der Waals surface area contributed by atoms with Crippen molar-refractivity contribution < 1.29 is 0 Å². The predicted molar refractivity (Wildman–Crippen MR) is 83.0 cm³/mol. The summed E-state index contributed by atoms with van der Waals surface area (Å²) in [6.07, 6.45) is 5.82. The number of likely N-dealkylation sites (N-methyl/N-ethyl adjacent to an activating group) is 1. The summed E-state index contributed by atoms with van der Waals surface area (Å²) >= 11 is 1.54. The molecule has 0 radical (unpaired) electrons. The van der Waals surface area contributed by atoms with Crippen LogP contribution in [0.25, 0.3) is 0 Å². The number of hydrogen-bond acceptors (Lipinski definition) is 7. The molecule has 2 unspecified atom stereocenters. The largest absolute Gasteiger partial charge is 0.355 e. The molecule has 110 valence electrons. The molecule has 0 saturated carbocycles. The first-order valence-electron chi connectivity index (χ1n) is 7.08. The van der Waals surface area contributed by atoms with Crippen molar-refractivity contribution in [3.8, 4) is 0 Å². The van der Waals surface area contributed by atoms with Crippen LogP contribution < -0.4 is 16.2 Å². The van der Waals surface area contributed by atoms with Crippen molar-refractivity contribution in [3.05, 3.63) is 6.07 Å². The Balaban J connectivity index is 1.85. The van der Waals surface area contributed by atoms with Gasteiger partial charge in [0.1, 0.15) is 11.6 Å². The number of fused-ring (bicyclic) bond motifs is 2. The van der Waals surface area contributed by atoms with E-state index < -0.39 is 0 Å². The van der Waals surface area contributed by atoms with E-state index in [0.29, 0.717) is 11.9 Å². The van der Waals surface area contributed by atoms with Crippen molar-refractivity contribution in [1.29, 1.82) is 0 Å². The number of rotatable bonds is 3. The summed E-state index contributed by atoms with van der Waals surface area (Å²) in [4.78, 5) is 13.9. The lowest BCUT2D eigenvalue weighted by Gasteiger charge is -2.27. The maximum absolute atomic E-state index is 5.51. The number of anilines is 2. The third kappa shape index (κ3) is 2.57. The molecule has 2 atom stereocenters. The maximum atomic E-state index is 5.51. The molecule has 2 fully saturated rings. The van der Waals surface area contributed by atoms with Gasteiger partial charge >= 0.3 is 0 Å². The number of nitrogen functional groups attached to an aromatic ring is 1. The lowest BCUT2D eigenvalue weighted by Crippen LogP contribution is -2.37. The van der Waals surface area contributed by atoms with Crippen LogP contribution in [-0.4, -0.2) is 53.3 Å². The zero-order chi connectivity index (χ0) is 14.1. The fraction of sp³-hybridized carbons (Fsp3) is 0.692. The minimum atomic E-state index is 0.643. The summed E-state index contributed by atoms with van der Waals surface area (Å²) in [6.45, 7) is 2.10. The molecule has 0 aliphatic carbocycles. The molecule has 2 saturated heterocycles. The van der Waals surface area contributed by atoms with Gasteiger partial charge in [-0.2, -0.15) is 0 Å². The third-order valence-electron chi connectivity index (χ3n) is 4.49. The predicted octanol–water partition coefficient (Wildman–Crippen LogP) is 1.16. The van der Waals surface area contributed by atoms with Crippen LogP contribution in [0.5, 0.6) is 0 Å². The lowest BCUT2D eigenvalue weighted by atomic mass is 10.1. The fourth-order valence-corrected chi connectivity index (χ4v) is 3.63. The molecule has 0 amide bonds. The van der Waals surface area contributed by atoms with Crippen LogP contribution in [0.3, 0.4) is 0 Å². The van der Waals surface area contributed by atoms with E-state index in [1.165, 1.54) is 19.3 Å². The van der Waals surface area contributed by atoms with Crippen molar-refractivity contribution in [2.75, 3.05) is 36.7 Å². The Bertz CT molecular complexity index is 460. The highest BCUT2D eigenvalue weighted by atomic mass is 32.2. The Morgan fingerprint density at radius 3 is 2.85 bits per heavy atom. The number of nitrogens with zero attached hydrogens (tertiary/aromatic N) is 4. The van der Waals surface area contributed by atoms with Crippen LogP contribution in [-0.2, 0) is 0 Å². The van der Waals surface area contributed by atoms with E-state index in [-0.39, 0.29) is 0 Å². The van der Waals surface area contributed by atoms with Gasteiger partial charge in [-0.05, 0) is 32.6 Å². The summed E-state index contributed by atoms with van der Waals surface area (Å²) < 4.78 is 0. The number of hydrazine groups is 1. The topological polar surface area (TPSA) is 70.3 Å². The number of aromatic nitrogens is 2. The standard InChI is InChI=1S/C13H22N6S/c1-18-9-3-4-10(18)8-19(6-5-9)12-7-11(17-14)15-13(16-12)20-2/h7,9-10H,3-6,8,14H2,1-2H3,(H,15,16,17). The number of nitrogens with one attached hydrogen (secondary N) is 1. The zero-order valence-corrected chi connectivity index (χ0v) is 12.9. The first-order valence-corrected chi connectivity index (χ1v) is 8.30. The van der Waals surface area contributed by atoms with Gasteiger partial charge in [-0.15, -0.1) is 0 Å². The summed E-state index contributed by atoms with van der Waals surface area (Å²) in [5.74, 6) is 7.18. The van der Waals surface area contributed by atoms with E-state index in [1.807, 2.05) is 12.3 Å². The van der Waals surface area contributed by atoms with Gasteiger partial charge in [0, 0.05) is 31.2 Å². The average Bonchev–Trinajstić information content (AvgIpc) is 2.71. The SMILES string of the molecule is CSc1nc(NN)cc(N2CCC3CCC(C2)N3C)n1. The maximum Gasteiger partial charge on any atom is 0.191 e. The summed E-state index contributed by atoms with van der Waals surface area (Å²) in [5, 5.41) is 0.762. The van der Waals surface area contributed by atoms with Gasteiger partial charge in [-0.1, -0.05) is 11.8 Å². The lowest BCUT2D eigenvalue weighted by molar-refractivity contribution is 0.254. The normalized spacial score (nSPS) is 26.6. The number of thioether (sulfide) groups is 1. The van der Waals surface area contributed by atoms with Crippen molar-refractivity contribution in [2.24, 2.45) is 5.84 Å². The zero-order valence-electron chi connectivity index (χ0n) is 12.0. The highest BCUT2D eigenvalue weighted by molar-refractivity contribution is 7.98. The molecular weight excluding hydrogens is 272 g/mol. The second kappa shape index (κ2) is 5.75. The number of hydrogen-bond donors (Lipinski definition) is 2. The minimum absolute atomic E-state index is 0.643. The van der Waals surface area contributed by atoms with Crippen LogP contribution in [0.15, 0.2) is 11.2 Å². The molecule has 3 N–H and O–H groups in total. The van der Waals surface area contributed by atoms with E-state index in [0.717, 1.165) is 30.1 Å². The molecule has 0 aromatic carbocycles. The van der Waals surface area contributed by atoms with Crippen LogP contribution in [0.1, 0.15) is 19.3 Å². The third-order valence-corrected chi connectivity index (χ3v) is 5.04. The van der Waals surface area contributed by atoms with Crippen LogP contribution in [0, 0.1) is 0 Å². The van der Waals surface area contributed by atoms with Crippen molar-refractivity contribution in [3.63, 3.8) is 0 Å². The quantitative estimate of drug-likeness (QED) is 0.375. The Morgan fingerprint density at radius 2 is 2.10 bits per heavy atom. The highest BCUT2D eigenvalue weighted by Gasteiger charge is 2.35. The Hall–Kier alpha value is -1.05. The van der Waals surface area contributed by atoms with E-state index >= 15 is 0 Å². The molecule has 3 heterocycles. The summed E-state index contributed by atoms with van der Waals surface area (Å²) in [6, 6.07) is 3.32. The second-order valence-electron chi connectivity index (χ2n) is 5.53. The molecule has 0 spiro atoms. The van der Waals surface area contributed by atoms with Gasteiger partial charge in [-0.3, -0.25) is 4.90 Å². The number of nitrogens with two attached hydrogens (primary N) is 1. The van der Waals surface area contributed by atoms with Crippen molar-refractivity contribution in [2.45, 2.75) is 36.5 Å². The van der Waals surface area contributed by atoms with Gasteiger partial charge in [0.2, 0.25) is 0 Å². The van der Waals surface area contributed by atoms with Gasteiger partial charge in [0.25, 0.3) is 0 Å². The van der Waals surface area contributed by atoms with E-state index in [2.05, 4.69) is 32.2 Å². The van der Waals surface area contributed by atoms with Gasteiger partial charge < -0.3 is 10.3 Å². The van der Waals surface area contributed by atoms with Gasteiger partial charge in [-0.25, -0.2) is 15.8 Å². The highest BCUT2D eigenvalue weighted by Crippen LogP contribution is 2.31. The van der Waals surface area contributed by atoms with Gasteiger partial charge in [0.05, 0.1) is 0 Å². The molecule has 2 bridgehead atoms. The Labute approximate surface area is 124 Å². The molecule has 20 heavy (non-hydrogen) atoms. The Kier molecular flexibility index (Phi) is 4.00. The monoisotopic (exact) mass is 294 g/mol. The van der Waals surface area contributed by atoms with E-state index in [4.69, 9.17) is 5.84 Å². The Morgan fingerprint density at radius 1 is 1.30 bits per heavy atom. The fourth-order valence-electron chi connectivity index (χ4n) is 3.26. The molecule has 1 aromatic rings. The smallest absolute Gasteiger partial charge is 0.191 e. The van der Waals surface area contributed by atoms with Crippen LogP contribution >= 0.6 is 11.8 Å². The molecule has 7 heteroatoms. The van der Waals surface area contributed by atoms with Crippen LogP contribution in [0.2, 0.25) is 0 Å². The minimum Gasteiger partial charge on any atom is -0.355 e. The van der Waals surface area contributed by atoms with E-state index in [1.54, 1.807) is 11.8 Å². The van der Waals surface area contributed by atoms with Crippen molar-refractivity contribution in [1.82, 2.24) is 14.9 Å². The average molecular weight is 294 g/mol. The molecule has 2 aliphatic heterocycles. The van der Waals surface area contributed by atoms with Gasteiger partial charge in [0.15, 0.2) is 5.16 Å². The summed E-state index contributed by atoms with van der Waals surface area (Å²) in [5.41, 5.74) is 2.64. The van der Waals surface area contributed by atoms with Crippen LogP contribution in [0.4, 0.5) is 11.6 Å². The molecule has 3 rings (SSSR count). The molecule has 2 aliphatic rings. The second-order valence-corrected chi connectivity index (χ2v) is 6.30. The summed E-state index contributed by atoms with van der Waals surface area (Å²) in [7, 11) is 2.26. The van der Waals surface area contributed by atoms with E-state index in [9.17, 15) is 0 Å².